The molecule has 0 atom stereocenters. The monoisotopic (exact) mass is 283 g/mol. The van der Waals surface area contributed by atoms with E-state index < -0.39 is 5.97 Å². The molecule has 0 saturated carbocycles. The molecule has 1 N–H and O–H groups in total. The molecule has 20 heavy (non-hydrogen) atoms. The van der Waals surface area contributed by atoms with Gasteiger partial charge in [0, 0.05) is 5.56 Å². The van der Waals surface area contributed by atoms with Crippen LogP contribution < -0.4 is 0 Å². The van der Waals surface area contributed by atoms with E-state index in [1.807, 2.05) is 49.4 Å². The summed E-state index contributed by atoms with van der Waals surface area (Å²) in [7, 11) is 0. The fourth-order valence-electron chi connectivity index (χ4n) is 2.29. The number of thiazole rings is 1. The van der Waals surface area contributed by atoms with E-state index in [1.54, 1.807) is 0 Å². The lowest BCUT2D eigenvalue weighted by Gasteiger charge is -2.02. The van der Waals surface area contributed by atoms with Crippen molar-refractivity contribution in [2.75, 3.05) is 0 Å². The van der Waals surface area contributed by atoms with Gasteiger partial charge in [0.05, 0.1) is 5.69 Å². The molecule has 0 aliphatic carbocycles. The standard InChI is InChI=1S/C16H13NO2S/c1-2-13-14(16(18)19)20-15(17-13)12-9-5-7-10-6-3-4-8-11(10)12/h3-9H,2H2,1H3,(H,18,19). The average molecular weight is 283 g/mol. The van der Waals surface area contributed by atoms with Gasteiger partial charge in [-0.1, -0.05) is 49.4 Å². The minimum Gasteiger partial charge on any atom is -0.477 e. The van der Waals surface area contributed by atoms with Crippen molar-refractivity contribution in [3.8, 4) is 10.6 Å². The Bertz CT molecular complexity index is 787. The average Bonchev–Trinajstić information content (AvgIpc) is 2.91. The van der Waals surface area contributed by atoms with Crippen LogP contribution in [0.4, 0.5) is 0 Å². The second-order valence-corrected chi connectivity index (χ2v) is 5.48. The van der Waals surface area contributed by atoms with Gasteiger partial charge in [-0.15, -0.1) is 11.3 Å². The smallest absolute Gasteiger partial charge is 0.347 e. The Balaban J connectivity index is 2.23. The summed E-state index contributed by atoms with van der Waals surface area (Å²) < 4.78 is 0. The third kappa shape index (κ3) is 2.08. The van der Waals surface area contributed by atoms with Crippen molar-refractivity contribution in [1.29, 1.82) is 0 Å². The van der Waals surface area contributed by atoms with E-state index in [2.05, 4.69) is 4.98 Å². The second-order valence-electron chi connectivity index (χ2n) is 4.48. The van der Waals surface area contributed by atoms with E-state index in [1.165, 1.54) is 11.3 Å². The Hall–Kier alpha value is -2.20. The summed E-state index contributed by atoms with van der Waals surface area (Å²) in [6, 6.07) is 14.1. The number of rotatable bonds is 3. The lowest BCUT2D eigenvalue weighted by molar-refractivity contribution is 0.0701. The molecule has 3 rings (SSSR count). The van der Waals surface area contributed by atoms with Crippen LogP contribution >= 0.6 is 11.3 Å². The summed E-state index contributed by atoms with van der Waals surface area (Å²) in [5.74, 6) is -0.897. The van der Waals surface area contributed by atoms with Crippen molar-refractivity contribution in [1.82, 2.24) is 4.98 Å². The van der Waals surface area contributed by atoms with Crippen molar-refractivity contribution in [3.05, 3.63) is 53.0 Å². The lowest BCUT2D eigenvalue weighted by atomic mass is 10.1. The van der Waals surface area contributed by atoms with Crippen LogP contribution in [0.5, 0.6) is 0 Å². The van der Waals surface area contributed by atoms with Gasteiger partial charge in [-0.2, -0.15) is 0 Å². The molecule has 0 bridgehead atoms. The van der Waals surface area contributed by atoms with E-state index in [0.29, 0.717) is 17.0 Å². The molecule has 0 amide bonds. The van der Waals surface area contributed by atoms with Crippen LogP contribution in [0.1, 0.15) is 22.3 Å². The largest absolute Gasteiger partial charge is 0.477 e. The van der Waals surface area contributed by atoms with Crippen LogP contribution in [0, 0.1) is 0 Å². The van der Waals surface area contributed by atoms with Gasteiger partial charge in [0.2, 0.25) is 0 Å². The maximum absolute atomic E-state index is 11.3. The van der Waals surface area contributed by atoms with Gasteiger partial charge in [-0.3, -0.25) is 0 Å². The third-order valence-electron chi connectivity index (χ3n) is 3.25. The van der Waals surface area contributed by atoms with Gasteiger partial charge < -0.3 is 5.11 Å². The summed E-state index contributed by atoms with van der Waals surface area (Å²) in [5.41, 5.74) is 1.65. The van der Waals surface area contributed by atoms with Crippen LogP contribution in [-0.4, -0.2) is 16.1 Å². The molecule has 100 valence electrons. The number of carboxylic acids is 1. The first kappa shape index (κ1) is 12.8. The van der Waals surface area contributed by atoms with Crippen molar-refractivity contribution in [3.63, 3.8) is 0 Å². The zero-order valence-electron chi connectivity index (χ0n) is 11.0. The van der Waals surface area contributed by atoms with Crippen molar-refractivity contribution >= 4 is 28.1 Å². The molecule has 0 aliphatic heterocycles. The highest BCUT2D eigenvalue weighted by atomic mass is 32.1. The van der Waals surface area contributed by atoms with Gasteiger partial charge in [-0.05, 0) is 17.2 Å². The van der Waals surface area contributed by atoms with Crippen molar-refractivity contribution < 1.29 is 9.90 Å². The lowest BCUT2D eigenvalue weighted by Crippen LogP contribution is -1.97. The topological polar surface area (TPSA) is 50.2 Å². The number of carboxylic acid groups (broad SMARTS) is 1. The number of aromatic carboxylic acids is 1. The number of carbonyl (C=O) groups is 1. The van der Waals surface area contributed by atoms with Crippen LogP contribution in [0.15, 0.2) is 42.5 Å². The zero-order chi connectivity index (χ0) is 14.1. The van der Waals surface area contributed by atoms with E-state index in [0.717, 1.165) is 21.3 Å². The Morgan fingerprint density at radius 3 is 2.65 bits per heavy atom. The van der Waals surface area contributed by atoms with Gasteiger partial charge in [0.25, 0.3) is 0 Å². The maximum atomic E-state index is 11.3. The van der Waals surface area contributed by atoms with E-state index in [4.69, 9.17) is 0 Å². The molecule has 4 heteroatoms. The van der Waals surface area contributed by atoms with E-state index in [9.17, 15) is 9.90 Å². The summed E-state index contributed by atoms with van der Waals surface area (Å²) >= 11 is 1.25. The molecule has 0 fully saturated rings. The van der Waals surface area contributed by atoms with E-state index in [-0.39, 0.29) is 0 Å². The first-order chi connectivity index (χ1) is 9.70. The summed E-state index contributed by atoms with van der Waals surface area (Å²) in [4.78, 5) is 16.1. The van der Waals surface area contributed by atoms with Gasteiger partial charge in [0.1, 0.15) is 9.88 Å². The number of hydrogen-bond donors (Lipinski definition) is 1. The number of fused-ring (bicyclic) bond motifs is 1. The maximum Gasteiger partial charge on any atom is 0.347 e. The van der Waals surface area contributed by atoms with Gasteiger partial charge >= 0.3 is 5.97 Å². The summed E-state index contributed by atoms with van der Waals surface area (Å²) in [6.45, 7) is 1.92. The van der Waals surface area contributed by atoms with Crippen LogP contribution in [-0.2, 0) is 6.42 Å². The molecular formula is C16H13NO2S. The second kappa shape index (κ2) is 5.06. The normalized spacial score (nSPS) is 10.8. The van der Waals surface area contributed by atoms with Crippen LogP contribution in [0.25, 0.3) is 21.3 Å². The Morgan fingerprint density at radius 2 is 1.95 bits per heavy atom. The highest BCUT2D eigenvalue weighted by Crippen LogP contribution is 2.33. The molecule has 0 unspecified atom stereocenters. The third-order valence-corrected chi connectivity index (χ3v) is 4.37. The SMILES string of the molecule is CCc1nc(-c2cccc3ccccc23)sc1C(=O)O. The van der Waals surface area contributed by atoms with Crippen molar-refractivity contribution in [2.45, 2.75) is 13.3 Å². The van der Waals surface area contributed by atoms with Crippen molar-refractivity contribution in [2.24, 2.45) is 0 Å². The Morgan fingerprint density at radius 1 is 1.20 bits per heavy atom. The molecule has 1 aromatic heterocycles. The Labute approximate surface area is 120 Å². The predicted octanol–water partition coefficient (Wildman–Crippen LogP) is 4.22. The molecule has 0 aliphatic rings. The molecule has 0 saturated heterocycles. The fourth-order valence-corrected chi connectivity index (χ4v) is 3.32. The molecule has 3 nitrogen and oxygen atoms in total. The molecule has 1 heterocycles. The number of aromatic nitrogens is 1. The predicted molar refractivity (Wildman–Crippen MR) is 81.4 cm³/mol. The molecular weight excluding hydrogens is 270 g/mol. The first-order valence-corrected chi connectivity index (χ1v) is 7.23. The minimum atomic E-state index is -0.897. The summed E-state index contributed by atoms with van der Waals surface area (Å²) in [5, 5.41) is 12.2. The zero-order valence-corrected chi connectivity index (χ0v) is 11.8. The number of aryl methyl sites for hydroxylation is 1. The number of hydrogen-bond acceptors (Lipinski definition) is 3. The molecule has 0 radical (unpaired) electrons. The molecule has 0 spiro atoms. The quantitative estimate of drug-likeness (QED) is 0.782. The number of nitrogens with zero attached hydrogens (tertiary/aromatic N) is 1. The van der Waals surface area contributed by atoms with Gasteiger partial charge in [-0.25, -0.2) is 9.78 Å². The van der Waals surface area contributed by atoms with Gasteiger partial charge in [0.15, 0.2) is 0 Å². The summed E-state index contributed by atoms with van der Waals surface area (Å²) in [6.07, 6.45) is 0.628. The minimum absolute atomic E-state index is 0.343. The molecule has 2 aromatic carbocycles. The van der Waals surface area contributed by atoms with Crippen LogP contribution in [0.2, 0.25) is 0 Å². The molecule has 3 aromatic rings. The highest BCUT2D eigenvalue weighted by molar-refractivity contribution is 7.17. The van der Waals surface area contributed by atoms with Crippen LogP contribution in [0.3, 0.4) is 0 Å². The Kier molecular flexibility index (Phi) is 3.24. The fraction of sp³-hybridized carbons (Fsp3) is 0.125. The highest BCUT2D eigenvalue weighted by Gasteiger charge is 2.17. The first-order valence-electron chi connectivity index (χ1n) is 6.42. The number of benzene rings is 2. The van der Waals surface area contributed by atoms with E-state index >= 15 is 0 Å².